The van der Waals surface area contributed by atoms with Crippen molar-refractivity contribution in [3.05, 3.63) is 23.0 Å². The first-order valence-electron chi connectivity index (χ1n) is 5.00. The summed E-state index contributed by atoms with van der Waals surface area (Å²) in [5.74, 6) is 0. The molecule has 0 fully saturated rings. The molecule has 0 saturated heterocycles. The van der Waals surface area contributed by atoms with Gasteiger partial charge in [0.15, 0.2) is 14.6 Å². The molecule has 0 aliphatic heterocycles. The lowest BCUT2D eigenvalue weighted by atomic mass is 10.3. The van der Waals surface area contributed by atoms with Crippen molar-refractivity contribution < 1.29 is 17.2 Å². The summed E-state index contributed by atoms with van der Waals surface area (Å²) in [7, 11) is -3.44. The van der Waals surface area contributed by atoms with Crippen molar-refractivity contribution in [3.63, 3.8) is 0 Å². The number of rotatable bonds is 3. The van der Waals surface area contributed by atoms with Crippen LogP contribution in [-0.4, -0.2) is 30.7 Å². The normalized spacial score (nSPS) is 12.4. The average Bonchev–Trinajstić information content (AvgIpc) is 2.53. The van der Waals surface area contributed by atoms with Crippen LogP contribution in [0, 0.1) is 4.77 Å². The lowest BCUT2D eigenvalue weighted by Gasteiger charge is -2.04. The average molecular weight is 292 g/mol. The van der Waals surface area contributed by atoms with Crippen LogP contribution >= 0.6 is 12.2 Å². The van der Waals surface area contributed by atoms with Crippen molar-refractivity contribution in [1.29, 1.82) is 0 Å². The van der Waals surface area contributed by atoms with E-state index < -0.39 is 22.8 Å². The SMILES string of the molecule is CS(=O)(=O)c1cccc2c1[nH]c(=S)n2CC(F)F. The fourth-order valence-corrected chi connectivity index (χ4v) is 2.91. The number of aromatic amines is 1. The molecule has 1 aromatic carbocycles. The van der Waals surface area contributed by atoms with Crippen LogP contribution in [0.2, 0.25) is 0 Å². The second-order valence-corrected chi connectivity index (χ2v) is 6.23. The van der Waals surface area contributed by atoms with E-state index in [1.165, 1.54) is 16.7 Å². The minimum Gasteiger partial charge on any atom is -0.329 e. The Hall–Kier alpha value is -1.28. The van der Waals surface area contributed by atoms with Crippen molar-refractivity contribution in [2.75, 3.05) is 6.26 Å². The molecule has 0 bridgehead atoms. The highest BCUT2D eigenvalue weighted by atomic mass is 32.2. The van der Waals surface area contributed by atoms with E-state index in [0.29, 0.717) is 5.52 Å². The number of halogens is 2. The summed E-state index contributed by atoms with van der Waals surface area (Å²) >= 11 is 4.93. The number of sulfone groups is 1. The van der Waals surface area contributed by atoms with Crippen LogP contribution in [0.3, 0.4) is 0 Å². The van der Waals surface area contributed by atoms with Crippen LogP contribution in [0.1, 0.15) is 0 Å². The highest BCUT2D eigenvalue weighted by Crippen LogP contribution is 2.23. The van der Waals surface area contributed by atoms with Gasteiger partial charge < -0.3 is 9.55 Å². The van der Waals surface area contributed by atoms with Gasteiger partial charge in [0.2, 0.25) is 0 Å². The Balaban J connectivity index is 2.79. The molecule has 4 nitrogen and oxygen atoms in total. The van der Waals surface area contributed by atoms with Gasteiger partial charge in [-0.2, -0.15) is 0 Å². The first kappa shape index (κ1) is 13.2. The van der Waals surface area contributed by atoms with Gasteiger partial charge in [-0.3, -0.25) is 0 Å². The van der Waals surface area contributed by atoms with Gasteiger partial charge in [0.1, 0.15) is 0 Å². The van der Waals surface area contributed by atoms with Crippen LogP contribution in [-0.2, 0) is 16.4 Å². The van der Waals surface area contributed by atoms with Gasteiger partial charge in [-0.1, -0.05) is 6.07 Å². The fraction of sp³-hybridized carbons (Fsp3) is 0.300. The number of hydrogen-bond acceptors (Lipinski definition) is 3. The monoisotopic (exact) mass is 292 g/mol. The number of imidazole rings is 1. The molecule has 2 aromatic rings. The number of nitrogens with one attached hydrogen (secondary N) is 1. The molecule has 1 N–H and O–H groups in total. The van der Waals surface area contributed by atoms with E-state index >= 15 is 0 Å². The third-order valence-electron chi connectivity index (χ3n) is 2.49. The van der Waals surface area contributed by atoms with Gasteiger partial charge in [-0.05, 0) is 24.4 Å². The number of alkyl halides is 2. The Morgan fingerprint density at radius 2 is 2.11 bits per heavy atom. The molecule has 8 heteroatoms. The zero-order valence-corrected chi connectivity index (χ0v) is 11.0. The maximum absolute atomic E-state index is 12.4. The summed E-state index contributed by atoms with van der Waals surface area (Å²) in [4.78, 5) is 2.73. The lowest BCUT2D eigenvalue weighted by Crippen LogP contribution is -2.06. The van der Waals surface area contributed by atoms with Crippen LogP contribution in [0.4, 0.5) is 8.78 Å². The molecule has 0 spiro atoms. The highest BCUT2D eigenvalue weighted by Gasteiger charge is 2.16. The first-order valence-corrected chi connectivity index (χ1v) is 7.30. The van der Waals surface area contributed by atoms with E-state index in [0.717, 1.165) is 6.26 Å². The number of benzene rings is 1. The number of nitrogens with zero attached hydrogens (tertiary/aromatic N) is 1. The third-order valence-corrected chi connectivity index (χ3v) is 3.95. The Morgan fingerprint density at radius 1 is 1.44 bits per heavy atom. The molecule has 18 heavy (non-hydrogen) atoms. The summed E-state index contributed by atoms with van der Waals surface area (Å²) in [6.07, 6.45) is -1.50. The quantitative estimate of drug-likeness (QED) is 0.884. The molecule has 1 aromatic heterocycles. The zero-order valence-electron chi connectivity index (χ0n) is 9.35. The van der Waals surface area contributed by atoms with Gasteiger partial charge in [-0.25, -0.2) is 17.2 Å². The topological polar surface area (TPSA) is 54.9 Å². The van der Waals surface area contributed by atoms with Gasteiger partial charge in [0, 0.05) is 6.26 Å². The molecular weight excluding hydrogens is 282 g/mol. The standard InChI is InChI=1S/C10H10F2N2O2S2/c1-18(15,16)7-4-2-3-6-9(7)13-10(17)14(6)5-8(11)12/h2-4,8H,5H2,1H3,(H,13,17). The first-order chi connectivity index (χ1) is 8.30. The molecule has 1 heterocycles. The predicted molar refractivity (Wildman–Crippen MR) is 66.2 cm³/mol. The number of H-pyrrole nitrogens is 1. The number of para-hydroxylation sites is 1. The van der Waals surface area contributed by atoms with E-state index in [1.54, 1.807) is 6.07 Å². The smallest absolute Gasteiger partial charge is 0.256 e. The predicted octanol–water partition coefficient (Wildman–Crippen LogP) is 2.37. The summed E-state index contributed by atoms with van der Waals surface area (Å²) in [5, 5.41) is 0. The van der Waals surface area contributed by atoms with E-state index in [9.17, 15) is 17.2 Å². The van der Waals surface area contributed by atoms with Crippen molar-refractivity contribution in [1.82, 2.24) is 9.55 Å². The Morgan fingerprint density at radius 3 is 2.67 bits per heavy atom. The van der Waals surface area contributed by atoms with Crippen LogP contribution in [0.15, 0.2) is 23.1 Å². The third kappa shape index (κ3) is 2.30. The summed E-state index contributed by atoms with van der Waals surface area (Å²) < 4.78 is 49.3. The molecular formula is C10H10F2N2O2S2. The molecule has 0 unspecified atom stereocenters. The second kappa shape index (κ2) is 4.43. The molecule has 2 rings (SSSR count). The molecule has 0 amide bonds. The van der Waals surface area contributed by atoms with E-state index in [-0.39, 0.29) is 15.2 Å². The van der Waals surface area contributed by atoms with Crippen LogP contribution < -0.4 is 0 Å². The number of aromatic nitrogens is 2. The summed E-state index contributed by atoms with van der Waals surface area (Å²) in [6, 6.07) is 4.47. The summed E-state index contributed by atoms with van der Waals surface area (Å²) in [6.45, 7) is -0.563. The molecule has 98 valence electrons. The van der Waals surface area contributed by atoms with Crippen molar-refractivity contribution >= 4 is 33.1 Å². The van der Waals surface area contributed by atoms with Gasteiger partial charge in [0.05, 0.1) is 22.5 Å². The second-order valence-electron chi connectivity index (χ2n) is 3.85. The van der Waals surface area contributed by atoms with Gasteiger partial charge in [-0.15, -0.1) is 0 Å². The summed E-state index contributed by atoms with van der Waals surface area (Å²) in [5.41, 5.74) is 0.633. The van der Waals surface area contributed by atoms with Crippen LogP contribution in [0.25, 0.3) is 11.0 Å². The zero-order chi connectivity index (χ0) is 13.5. The Kier molecular flexibility index (Phi) is 3.24. The molecule has 0 aliphatic carbocycles. The number of fused-ring (bicyclic) bond motifs is 1. The van der Waals surface area contributed by atoms with E-state index in [2.05, 4.69) is 4.98 Å². The van der Waals surface area contributed by atoms with Crippen molar-refractivity contribution in [2.45, 2.75) is 17.9 Å². The van der Waals surface area contributed by atoms with Crippen LogP contribution in [0.5, 0.6) is 0 Å². The van der Waals surface area contributed by atoms with E-state index in [1.807, 2.05) is 0 Å². The molecule has 0 saturated carbocycles. The van der Waals surface area contributed by atoms with Crippen molar-refractivity contribution in [2.24, 2.45) is 0 Å². The Labute approximate surface area is 107 Å². The minimum absolute atomic E-state index is 0.0547. The maximum Gasteiger partial charge on any atom is 0.256 e. The fourth-order valence-electron chi connectivity index (χ4n) is 1.78. The van der Waals surface area contributed by atoms with Gasteiger partial charge >= 0.3 is 0 Å². The lowest BCUT2D eigenvalue weighted by molar-refractivity contribution is 0.127. The molecule has 0 aliphatic rings. The molecule has 0 radical (unpaired) electrons. The van der Waals surface area contributed by atoms with Crippen molar-refractivity contribution in [3.8, 4) is 0 Å². The highest BCUT2D eigenvalue weighted by molar-refractivity contribution is 7.91. The number of hydrogen-bond donors (Lipinski definition) is 1. The maximum atomic E-state index is 12.4. The minimum atomic E-state index is -3.44. The largest absolute Gasteiger partial charge is 0.329 e. The van der Waals surface area contributed by atoms with E-state index in [4.69, 9.17) is 12.2 Å². The Bertz CT molecular complexity index is 747. The molecule has 0 atom stereocenters. The van der Waals surface area contributed by atoms with Gasteiger partial charge in [0.25, 0.3) is 6.43 Å².